The lowest BCUT2D eigenvalue weighted by atomic mass is 10.0. The van der Waals surface area contributed by atoms with Gasteiger partial charge in [0.05, 0.1) is 24.9 Å². The van der Waals surface area contributed by atoms with E-state index in [2.05, 4.69) is 4.90 Å². The van der Waals surface area contributed by atoms with E-state index in [0.717, 1.165) is 42.1 Å². The van der Waals surface area contributed by atoms with Gasteiger partial charge in [0.25, 0.3) is 0 Å². The van der Waals surface area contributed by atoms with Gasteiger partial charge in [0.2, 0.25) is 0 Å². The lowest BCUT2D eigenvalue weighted by molar-refractivity contribution is 0.0159. The predicted octanol–water partition coefficient (Wildman–Crippen LogP) is 1.67. The Morgan fingerprint density at radius 2 is 2.19 bits per heavy atom. The van der Waals surface area contributed by atoms with Crippen molar-refractivity contribution in [2.45, 2.75) is 23.8 Å². The molecule has 1 saturated heterocycles. The maximum absolute atomic E-state index is 8.81. The minimum Gasteiger partial charge on any atom is -0.394 e. The van der Waals surface area contributed by atoms with Crippen LogP contribution in [-0.4, -0.2) is 49.6 Å². The first-order valence-electron chi connectivity index (χ1n) is 7.16. The summed E-state index contributed by atoms with van der Waals surface area (Å²) in [4.78, 5) is 3.31. The third-order valence-electron chi connectivity index (χ3n) is 3.72. The number of aliphatic hydroxyl groups is 1. The summed E-state index contributed by atoms with van der Waals surface area (Å²) in [7, 11) is 0. The van der Waals surface area contributed by atoms with Gasteiger partial charge in [0.15, 0.2) is 0 Å². The fraction of sp³-hybridized carbons (Fsp3) is 0.533. The average molecular weight is 309 g/mol. The van der Waals surface area contributed by atoms with Crippen molar-refractivity contribution in [2.75, 3.05) is 37.5 Å². The summed E-state index contributed by atoms with van der Waals surface area (Å²) >= 11 is 1.61. The molecule has 2 rings (SSSR count). The van der Waals surface area contributed by atoms with Gasteiger partial charge < -0.3 is 20.5 Å². The number of ether oxygens (including phenoxy) is 1. The molecule has 0 amide bonds. The third-order valence-corrected chi connectivity index (χ3v) is 4.50. The van der Waals surface area contributed by atoms with Gasteiger partial charge in [-0.05, 0) is 31.2 Å². The summed E-state index contributed by atoms with van der Waals surface area (Å²) in [5.41, 5.74) is 7.65. The van der Waals surface area contributed by atoms with Crippen molar-refractivity contribution in [3.63, 3.8) is 0 Å². The fourth-order valence-corrected chi connectivity index (χ4v) is 3.34. The summed E-state index contributed by atoms with van der Waals surface area (Å²) in [6.07, 6.45) is 4.08. The number of anilines is 1. The van der Waals surface area contributed by atoms with E-state index < -0.39 is 0 Å². The van der Waals surface area contributed by atoms with Crippen LogP contribution in [0, 0.1) is 5.41 Å². The number of amidine groups is 1. The molecule has 0 aliphatic carbocycles. The molecule has 0 radical (unpaired) electrons. The summed E-state index contributed by atoms with van der Waals surface area (Å²) in [5.74, 6) is 0.119. The zero-order chi connectivity index (χ0) is 15.2. The first-order chi connectivity index (χ1) is 10.2. The van der Waals surface area contributed by atoms with Crippen LogP contribution in [-0.2, 0) is 4.74 Å². The predicted molar refractivity (Wildman–Crippen MR) is 87.5 cm³/mol. The molecule has 1 heterocycles. The zero-order valence-electron chi connectivity index (χ0n) is 12.3. The van der Waals surface area contributed by atoms with Gasteiger partial charge in [-0.1, -0.05) is 6.07 Å². The van der Waals surface area contributed by atoms with Gasteiger partial charge in [-0.2, -0.15) is 0 Å². The van der Waals surface area contributed by atoms with E-state index in [-0.39, 0.29) is 18.5 Å². The number of hydrogen-bond donors (Lipinski definition) is 3. The second kappa shape index (κ2) is 7.68. The Balaban J connectivity index is 2.11. The van der Waals surface area contributed by atoms with Crippen molar-refractivity contribution in [1.29, 1.82) is 5.41 Å². The molecule has 0 atom stereocenters. The van der Waals surface area contributed by atoms with Crippen LogP contribution in [0.1, 0.15) is 18.4 Å². The van der Waals surface area contributed by atoms with Crippen molar-refractivity contribution >= 4 is 23.3 Å². The molecule has 0 saturated carbocycles. The minimum absolute atomic E-state index is 0.0739. The second-order valence-corrected chi connectivity index (χ2v) is 5.90. The SMILES string of the molecule is CSc1cccc(N2CCC(OCCO)CC2)c1C(=N)N. The van der Waals surface area contributed by atoms with Gasteiger partial charge in [-0.3, -0.25) is 5.41 Å². The lowest BCUT2D eigenvalue weighted by Crippen LogP contribution is -2.38. The molecule has 5 nitrogen and oxygen atoms in total. The molecule has 0 spiro atoms. The van der Waals surface area contributed by atoms with Crippen molar-refractivity contribution in [3.05, 3.63) is 23.8 Å². The van der Waals surface area contributed by atoms with Crippen LogP contribution < -0.4 is 10.6 Å². The van der Waals surface area contributed by atoms with Crippen LogP contribution in [0.25, 0.3) is 0 Å². The highest BCUT2D eigenvalue weighted by atomic mass is 32.2. The number of nitrogen functional groups attached to an aromatic ring is 1. The number of benzene rings is 1. The summed E-state index contributed by atoms with van der Waals surface area (Å²) < 4.78 is 5.59. The van der Waals surface area contributed by atoms with Crippen molar-refractivity contribution in [2.24, 2.45) is 5.73 Å². The van der Waals surface area contributed by atoms with Gasteiger partial charge >= 0.3 is 0 Å². The maximum Gasteiger partial charge on any atom is 0.126 e. The molecule has 1 aliphatic heterocycles. The van der Waals surface area contributed by atoms with Crippen LogP contribution >= 0.6 is 11.8 Å². The van der Waals surface area contributed by atoms with Crippen molar-refractivity contribution in [3.8, 4) is 0 Å². The summed E-state index contributed by atoms with van der Waals surface area (Å²) in [5, 5.41) is 16.7. The molecule has 4 N–H and O–H groups in total. The van der Waals surface area contributed by atoms with E-state index >= 15 is 0 Å². The number of aliphatic hydroxyl groups excluding tert-OH is 1. The number of hydrogen-bond acceptors (Lipinski definition) is 5. The number of nitrogens with one attached hydrogen (secondary N) is 1. The van der Waals surface area contributed by atoms with E-state index in [4.69, 9.17) is 21.0 Å². The Kier molecular flexibility index (Phi) is 5.90. The highest BCUT2D eigenvalue weighted by Crippen LogP contribution is 2.31. The third kappa shape index (κ3) is 3.90. The topological polar surface area (TPSA) is 82.6 Å². The Bertz CT molecular complexity index is 488. The van der Waals surface area contributed by atoms with E-state index in [0.29, 0.717) is 6.61 Å². The van der Waals surface area contributed by atoms with Gasteiger partial charge in [0, 0.05) is 23.7 Å². The Hall–Kier alpha value is -1.24. The Morgan fingerprint density at radius 3 is 2.76 bits per heavy atom. The standard InChI is InChI=1S/C15H23N3O2S/c1-21-13-4-2-3-12(14(13)15(16)17)18-7-5-11(6-8-18)20-10-9-19/h2-4,11,19H,5-10H2,1H3,(H3,16,17). The monoisotopic (exact) mass is 309 g/mol. The quantitative estimate of drug-likeness (QED) is 0.423. The molecule has 21 heavy (non-hydrogen) atoms. The van der Waals surface area contributed by atoms with Crippen LogP contribution in [0.5, 0.6) is 0 Å². The summed E-state index contributed by atoms with van der Waals surface area (Å²) in [6.45, 7) is 2.25. The Labute approximate surface area is 130 Å². The van der Waals surface area contributed by atoms with Crippen LogP contribution in [0.4, 0.5) is 5.69 Å². The molecular weight excluding hydrogens is 286 g/mol. The molecule has 0 bridgehead atoms. The molecule has 0 unspecified atom stereocenters. The first kappa shape index (κ1) is 16.1. The molecule has 1 aromatic carbocycles. The number of rotatable bonds is 6. The molecule has 116 valence electrons. The van der Waals surface area contributed by atoms with E-state index in [1.807, 2.05) is 24.5 Å². The molecule has 1 fully saturated rings. The first-order valence-corrected chi connectivity index (χ1v) is 8.38. The second-order valence-electron chi connectivity index (χ2n) is 5.05. The largest absolute Gasteiger partial charge is 0.394 e. The molecular formula is C15H23N3O2S. The Morgan fingerprint density at radius 1 is 1.48 bits per heavy atom. The number of piperidine rings is 1. The van der Waals surface area contributed by atoms with E-state index in [1.54, 1.807) is 11.8 Å². The van der Waals surface area contributed by atoms with E-state index in [9.17, 15) is 0 Å². The maximum atomic E-state index is 8.81. The van der Waals surface area contributed by atoms with Gasteiger partial charge in [0.1, 0.15) is 5.84 Å². The highest BCUT2D eigenvalue weighted by molar-refractivity contribution is 7.98. The zero-order valence-corrected chi connectivity index (χ0v) is 13.2. The number of thioether (sulfide) groups is 1. The number of nitrogens with zero attached hydrogens (tertiary/aromatic N) is 1. The van der Waals surface area contributed by atoms with Crippen molar-refractivity contribution in [1.82, 2.24) is 0 Å². The highest BCUT2D eigenvalue weighted by Gasteiger charge is 2.23. The van der Waals surface area contributed by atoms with Crippen LogP contribution in [0.3, 0.4) is 0 Å². The fourth-order valence-electron chi connectivity index (χ4n) is 2.71. The normalized spacial score (nSPS) is 16.2. The van der Waals surface area contributed by atoms with Gasteiger partial charge in [-0.25, -0.2) is 0 Å². The average Bonchev–Trinajstić information content (AvgIpc) is 2.52. The van der Waals surface area contributed by atoms with Crippen molar-refractivity contribution < 1.29 is 9.84 Å². The lowest BCUT2D eigenvalue weighted by Gasteiger charge is -2.34. The van der Waals surface area contributed by atoms with Crippen LogP contribution in [0.2, 0.25) is 0 Å². The van der Waals surface area contributed by atoms with E-state index in [1.165, 1.54) is 0 Å². The molecule has 6 heteroatoms. The smallest absolute Gasteiger partial charge is 0.126 e. The number of nitrogens with two attached hydrogens (primary N) is 1. The minimum atomic E-state index is 0.0739. The van der Waals surface area contributed by atoms with Crippen LogP contribution in [0.15, 0.2) is 23.1 Å². The van der Waals surface area contributed by atoms with Gasteiger partial charge in [-0.15, -0.1) is 11.8 Å². The summed E-state index contributed by atoms with van der Waals surface area (Å²) in [6, 6.07) is 6.05. The molecule has 1 aliphatic rings. The molecule has 1 aromatic rings. The molecule has 0 aromatic heterocycles.